The maximum Gasteiger partial charge on any atom is 4.00 e. The minimum absolute atomic E-state index is 0. The Hall–Kier alpha value is -1.24. The number of carboxylic acids is 4. The van der Waals surface area contributed by atoms with E-state index in [2.05, 4.69) is 0 Å². The largest absolute Gasteiger partial charge is 4.00 e. The van der Waals surface area contributed by atoms with Crippen LogP contribution in [0.15, 0.2) is 0 Å². The van der Waals surface area contributed by atoms with Gasteiger partial charge in [0.15, 0.2) is 0 Å². The van der Waals surface area contributed by atoms with Crippen molar-refractivity contribution in [2.24, 2.45) is 23.7 Å². The molecule has 0 bridgehead atoms. The van der Waals surface area contributed by atoms with Crippen molar-refractivity contribution < 1.29 is 65.8 Å². The molecular weight excluding hydrogens is 556 g/mol. The molecule has 0 aromatic heterocycles. The predicted octanol–water partition coefficient (Wildman–Crippen LogP) is 2.25. The first kappa shape index (κ1) is 45.7. The third-order valence-corrected chi connectivity index (χ3v) is 5.57. The molecule has 0 heterocycles. The molecule has 0 amide bonds. The summed E-state index contributed by atoms with van der Waals surface area (Å²) in [5.41, 5.74) is 0. The van der Waals surface area contributed by atoms with Crippen molar-refractivity contribution in [3.63, 3.8) is 0 Å². The van der Waals surface area contributed by atoms with Gasteiger partial charge in [-0.15, -0.1) is 0 Å². The number of hydrogen-bond donors (Lipinski definition) is 0. The average molecular weight is 608 g/mol. The third kappa shape index (κ3) is 39.4. The minimum atomic E-state index is -0.927. The standard InChI is InChI=1S/4C7H14O2.Zr/c4*1-3-4-5-6(2)7(8)9;/h4*6H,3-5H2,1-2H3,(H,8,9);/q;;;;+4/p-4. The van der Waals surface area contributed by atoms with Crippen LogP contribution in [0.5, 0.6) is 0 Å². The molecule has 9 heteroatoms. The van der Waals surface area contributed by atoms with Gasteiger partial charge in [-0.3, -0.25) is 0 Å². The Morgan fingerprint density at radius 1 is 0.432 bits per heavy atom. The zero-order chi connectivity index (χ0) is 29.1. The summed E-state index contributed by atoms with van der Waals surface area (Å²) in [5, 5.41) is 40.4. The Kier molecular flexibility index (Phi) is 40.5. The molecule has 0 aliphatic carbocycles. The van der Waals surface area contributed by atoms with Crippen LogP contribution in [-0.4, -0.2) is 23.9 Å². The van der Waals surface area contributed by atoms with E-state index in [9.17, 15) is 39.6 Å². The molecule has 0 saturated carbocycles. The van der Waals surface area contributed by atoms with Crippen LogP contribution in [0.4, 0.5) is 0 Å². The van der Waals surface area contributed by atoms with Gasteiger partial charge in [-0.2, -0.15) is 0 Å². The second-order valence-electron chi connectivity index (χ2n) is 9.45. The molecule has 0 aliphatic heterocycles. The van der Waals surface area contributed by atoms with E-state index in [1.165, 1.54) is 0 Å². The third-order valence-electron chi connectivity index (χ3n) is 5.57. The van der Waals surface area contributed by atoms with E-state index in [1.54, 1.807) is 27.7 Å². The van der Waals surface area contributed by atoms with E-state index in [0.717, 1.165) is 77.0 Å². The first-order chi connectivity index (χ1) is 16.7. The van der Waals surface area contributed by atoms with Crippen LogP contribution in [0.25, 0.3) is 0 Å². The summed E-state index contributed by atoms with van der Waals surface area (Å²) in [5.74, 6) is -4.80. The summed E-state index contributed by atoms with van der Waals surface area (Å²) in [4.78, 5) is 40.4. The van der Waals surface area contributed by atoms with Crippen molar-refractivity contribution in [3.05, 3.63) is 0 Å². The Labute approximate surface area is 245 Å². The van der Waals surface area contributed by atoms with E-state index >= 15 is 0 Å². The first-order valence-corrected chi connectivity index (χ1v) is 13.6. The Balaban J connectivity index is -0.000000122. The molecule has 37 heavy (non-hydrogen) atoms. The van der Waals surface area contributed by atoms with Gasteiger partial charge in [0.25, 0.3) is 0 Å². The first-order valence-electron chi connectivity index (χ1n) is 13.6. The average Bonchev–Trinajstić information content (AvgIpc) is 2.83. The van der Waals surface area contributed by atoms with Gasteiger partial charge in [0.2, 0.25) is 0 Å². The fourth-order valence-electron chi connectivity index (χ4n) is 2.51. The molecule has 216 valence electrons. The number of unbranched alkanes of at least 4 members (excludes halogenated alkanes) is 4. The van der Waals surface area contributed by atoms with Crippen LogP contribution in [0.2, 0.25) is 0 Å². The van der Waals surface area contributed by atoms with Crippen molar-refractivity contribution in [2.75, 3.05) is 0 Å². The molecule has 0 spiro atoms. The molecule has 0 rings (SSSR count). The van der Waals surface area contributed by atoms with Crippen molar-refractivity contribution in [1.29, 1.82) is 0 Å². The van der Waals surface area contributed by atoms with Crippen LogP contribution in [-0.2, 0) is 45.4 Å². The van der Waals surface area contributed by atoms with Crippen LogP contribution >= 0.6 is 0 Å². The SMILES string of the molecule is CCCCC(C)C(=O)[O-].CCCCC(C)C(=O)[O-].CCCCC(C)C(=O)[O-].CCCCC(C)C(=O)[O-].[Zr+4]. The Bertz CT molecular complexity index is 458. The number of carbonyl (C=O) groups excluding carboxylic acids is 4. The monoisotopic (exact) mass is 606 g/mol. The van der Waals surface area contributed by atoms with E-state index in [0.29, 0.717) is 0 Å². The van der Waals surface area contributed by atoms with E-state index in [4.69, 9.17) is 0 Å². The minimum Gasteiger partial charge on any atom is -0.550 e. The molecule has 0 fully saturated rings. The second kappa shape index (κ2) is 32.8. The molecule has 4 atom stereocenters. The van der Waals surface area contributed by atoms with Crippen LogP contribution < -0.4 is 20.4 Å². The normalized spacial score (nSPS) is 12.8. The molecular formula is C28H52O8Zr. The number of carboxylic acid groups (broad SMARTS) is 4. The van der Waals surface area contributed by atoms with Crippen LogP contribution in [0.1, 0.15) is 132 Å². The Morgan fingerprint density at radius 3 is 0.649 bits per heavy atom. The topological polar surface area (TPSA) is 161 Å². The molecule has 0 aliphatic rings. The number of hydrogen-bond acceptors (Lipinski definition) is 8. The van der Waals surface area contributed by atoms with Gasteiger partial charge in [-0.05, 0) is 49.4 Å². The van der Waals surface area contributed by atoms with Crippen molar-refractivity contribution in [1.82, 2.24) is 0 Å². The van der Waals surface area contributed by atoms with E-state index in [1.807, 2.05) is 27.7 Å². The van der Waals surface area contributed by atoms with Gasteiger partial charge in [-0.25, -0.2) is 0 Å². The smallest absolute Gasteiger partial charge is 0.550 e. The van der Waals surface area contributed by atoms with Crippen molar-refractivity contribution in [3.8, 4) is 0 Å². The quantitative estimate of drug-likeness (QED) is 0.258. The maximum absolute atomic E-state index is 10.1. The summed E-state index contributed by atoms with van der Waals surface area (Å²) in [6.07, 6.45) is 11.1. The van der Waals surface area contributed by atoms with Crippen molar-refractivity contribution in [2.45, 2.75) is 132 Å². The molecule has 0 N–H and O–H groups in total. The van der Waals surface area contributed by atoms with Gasteiger partial charge < -0.3 is 39.6 Å². The maximum atomic E-state index is 10.1. The summed E-state index contributed by atoms with van der Waals surface area (Å²) in [7, 11) is 0. The van der Waals surface area contributed by atoms with Crippen LogP contribution in [0, 0.1) is 23.7 Å². The summed E-state index contributed by atoms with van der Waals surface area (Å²) < 4.78 is 0. The number of aliphatic carboxylic acids is 4. The molecule has 8 nitrogen and oxygen atoms in total. The second-order valence-corrected chi connectivity index (χ2v) is 9.45. The number of rotatable bonds is 16. The fourth-order valence-corrected chi connectivity index (χ4v) is 2.51. The zero-order valence-electron chi connectivity index (χ0n) is 24.6. The van der Waals surface area contributed by atoms with Crippen LogP contribution in [0.3, 0.4) is 0 Å². The van der Waals surface area contributed by atoms with Gasteiger partial charge in [-0.1, -0.05) is 107 Å². The predicted molar refractivity (Wildman–Crippen MR) is 135 cm³/mol. The van der Waals surface area contributed by atoms with Gasteiger partial charge >= 0.3 is 26.2 Å². The summed E-state index contributed by atoms with van der Waals surface area (Å²) in [6, 6.07) is 0. The summed E-state index contributed by atoms with van der Waals surface area (Å²) in [6.45, 7) is 14.9. The molecule has 0 aromatic rings. The molecule has 0 radical (unpaired) electrons. The molecule has 0 saturated heterocycles. The molecule has 4 unspecified atom stereocenters. The van der Waals surface area contributed by atoms with Gasteiger partial charge in [0.1, 0.15) is 0 Å². The Morgan fingerprint density at radius 2 is 0.568 bits per heavy atom. The number of carbonyl (C=O) groups is 4. The van der Waals surface area contributed by atoms with E-state index in [-0.39, 0.29) is 49.9 Å². The molecule has 0 aromatic carbocycles. The van der Waals surface area contributed by atoms with Crippen molar-refractivity contribution >= 4 is 23.9 Å². The van der Waals surface area contributed by atoms with Gasteiger partial charge in [0.05, 0.1) is 0 Å². The van der Waals surface area contributed by atoms with Gasteiger partial charge in [0, 0.05) is 23.9 Å². The fraction of sp³-hybridized carbons (Fsp3) is 0.857. The summed E-state index contributed by atoms with van der Waals surface area (Å²) >= 11 is 0. The zero-order valence-corrected chi connectivity index (χ0v) is 27.0. The van der Waals surface area contributed by atoms with E-state index < -0.39 is 23.9 Å².